The third-order valence-corrected chi connectivity index (χ3v) is 5.59. The van der Waals surface area contributed by atoms with E-state index in [1.807, 2.05) is 26.0 Å². The molecule has 28 heavy (non-hydrogen) atoms. The number of aromatic nitrogens is 2. The zero-order valence-electron chi connectivity index (χ0n) is 15.7. The van der Waals surface area contributed by atoms with Gasteiger partial charge in [-0.2, -0.15) is 5.10 Å². The fraction of sp³-hybridized carbons (Fsp3) is 0.273. The van der Waals surface area contributed by atoms with Gasteiger partial charge in [0.15, 0.2) is 0 Å². The van der Waals surface area contributed by atoms with Gasteiger partial charge in [0, 0.05) is 17.7 Å². The average molecular weight is 377 g/mol. The molecule has 0 radical (unpaired) electrons. The summed E-state index contributed by atoms with van der Waals surface area (Å²) in [5.74, 6) is 1.79. The van der Waals surface area contributed by atoms with Crippen LogP contribution in [0.25, 0.3) is 5.69 Å². The number of rotatable bonds is 2. The Morgan fingerprint density at radius 3 is 2.64 bits per heavy atom. The van der Waals surface area contributed by atoms with Gasteiger partial charge in [-0.1, -0.05) is 6.08 Å². The first kappa shape index (κ1) is 17.0. The molecule has 1 aromatic carbocycles. The van der Waals surface area contributed by atoms with Crippen molar-refractivity contribution >= 4 is 11.6 Å². The van der Waals surface area contributed by atoms with E-state index in [2.05, 4.69) is 11.4 Å². The number of hydrogen-bond donors (Lipinski definition) is 1. The number of aryl methyl sites for hydroxylation is 2. The SMILES string of the molecule is Cc1ccc([C@H]2c3c(C)nn(-c4ccc(F)cc4)c3NC3=CCCC(=O)[C@@H]32)o1. The quantitative estimate of drug-likeness (QED) is 0.707. The van der Waals surface area contributed by atoms with E-state index in [-0.39, 0.29) is 23.4 Å². The highest BCUT2D eigenvalue weighted by Crippen LogP contribution is 2.48. The van der Waals surface area contributed by atoms with Crippen LogP contribution in [0.5, 0.6) is 0 Å². The van der Waals surface area contributed by atoms with E-state index in [0.717, 1.165) is 46.4 Å². The van der Waals surface area contributed by atoms with Crippen molar-refractivity contribution in [3.63, 3.8) is 0 Å². The molecule has 2 aromatic heterocycles. The van der Waals surface area contributed by atoms with Crippen molar-refractivity contribution in [1.82, 2.24) is 9.78 Å². The van der Waals surface area contributed by atoms with Crippen molar-refractivity contribution in [3.05, 3.63) is 76.8 Å². The largest absolute Gasteiger partial charge is 0.466 e. The Balaban J connectivity index is 1.74. The number of allylic oxidation sites excluding steroid dienone is 2. The van der Waals surface area contributed by atoms with E-state index >= 15 is 0 Å². The smallest absolute Gasteiger partial charge is 0.143 e. The molecule has 0 bridgehead atoms. The minimum Gasteiger partial charge on any atom is -0.466 e. The lowest BCUT2D eigenvalue weighted by Gasteiger charge is -2.35. The molecule has 1 aliphatic carbocycles. The summed E-state index contributed by atoms with van der Waals surface area (Å²) in [4.78, 5) is 12.9. The number of carbonyl (C=O) groups excluding carboxylic acids is 1. The predicted molar refractivity (Wildman–Crippen MR) is 103 cm³/mol. The number of anilines is 1. The minimum atomic E-state index is -0.295. The third kappa shape index (κ3) is 2.52. The lowest BCUT2D eigenvalue weighted by atomic mass is 9.73. The van der Waals surface area contributed by atoms with Gasteiger partial charge >= 0.3 is 0 Å². The minimum absolute atomic E-state index is 0.212. The molecule has 0 spiro atoms. The second-order valence-corrected chi connectivity index (χ2v) is 7.43. The van der Waals surface area contributed by atoms with Crippen molar-refractivity contribution in [2.75, 3.05) is 5.32 Å². The summed E-state index contributed by atoms with van der Waals surface area (Å²) >= 11 is 0. The lowest BCUT2D eigenvalue weighted by Crippen LogP contribution is -2.35. The molecule has 0 saturated heterocycles. The fourth-order valence-corrected chi connectivity index (χ4v) is 4.35. The van der Waals surface area contributed by atoms with Gasteiger partial charge in [-0.15, -0.1) is 0 Å². The number of halogens is 1. The molecule has 3 heterocycles. The molecule has 5 rings (SSSR count). The van der Waals surface area contributed by atoms with E-state index in [1.54, 1.807) is 16.8 Å². The number of benzene rings is 1. The number of hydrogen-bond acceptors (Lipinski definition) is 4. The molecule has 2 aliphatic rings. The zero-order valence-corrected chi connectivity index (χ0v) is 15.7. The first-order chi connectivity index (χ1) is 13.5. The van der Waals surface area contributed by atoms with Gasteiger partial charge in [0.25, 0.3) is 0 Å². The molecule has 0 unspecified atom stereocenters. The zero-order chi connectivity index (χ0) is 19.4. The molecule has 5 nitrogen and oxygen atoms in total. The Morgan fingerprint density at radius 2 is 1.93 bits per heavy atom. The number of ketones is 1. The van der Waals surface area contributed by atoms with Crippen LogP contribution in [0.1, 0.15) is 41.5 Å². The number of nitrogens with one attached hydrogen (secondary N) is 1. The van der Waals surface area contributed by atoms with Crippen molar-refractivity contribution in [3.8, 4) is 5.69 Å². The molecule has 0 fully saturated rings. The van der Waals surface area contributed by atoms with E-state index in [1.165, 1.54) is 12.1 Å². The van der Waals surface area contributed by atoms with Crippen LogP contribution < -0.4 is 5.32 Å². The van der Waals surface area contributed by atoms with Gasteiger partial charge < -0.3 is 9.73 Å². The molecule has 0 amide bonds. The number of furan rings is 1. The maximum absolute atomic E-state index is 13.4. The molecule has 1 aliphatic heterocycles. The number of Topliss-reactive ketones (excluding diaryl/α,β-unsaturated/α-hetero) is 1. The first-order valence-electron chi connectivity index (χ1n) is 9.44. The van der Waals surface area contributed by atoms with Crippen molar-refractivity contribution in [2.45, 2.75) is 32.6 Å². The van der Waals surface area contributed by atoms with Crippen LogP contribution in [0, 0.1) is 25.6 Å². The summed E-state index contributed by atoms with van der Waals surface area (Å²) in [6.45, 7) is 3.84. The third-order valence-electron chi connectivity index (χ3n) is 5.59. The molecule has 142 valence electrons. The summed E-state index contributed by atoms with van der Waals surface area (Å²) in [7, 11) is 0. The Hall–Kier alpha value is -3.15. The highest BCUT2D eigenvalue weighted by molar-refractivity contribution is 5.89. The number of nitrogens with zero attached hydrogens (tertiary/aromatic N) is 2. The highest BCUT2D eigenvalue weighted by Gasteiger charge is 2.44. The topological polar surface area (TPSA) is 60.1 Å². The number of carbonyl (C=O) groups is 1. The van der Waals surface area contributed by atoms with Gasteiger partial charge in [-0.3, -0.25) is 4.79 Å². The maximum atomic E-state index is 13.4. The average Bonchev–Trinajstić information content (AvgIpc) is 3.25. The Kier molecular flexibility index (Phi) is 3.75. The molecular formula is C22H20FN3O2. The summed E-state index contributed by atoms with van der Waals surface area (Å²) < 4.78 is 21.1. The summed E-state index contributed by atoms with van der Waals surface area (Å²) in [6.07, 6.45) is 3.35. The summed E-state index contributed by atoms with van der Waals surface area (Å²) in [5.41, 5.74) is 3.43. The van der Waals surface area contributed by atoms with E-state index in [9.17, 15) is 9.18 Å². The van der Waals surface area contributed by atoms with Crippen LogP contribution in [0.2, 0.25) is 0 Å². The van der Waals surface area contributed by atoms with Crippen LogP contribution >= 0.6 is 0 Å². The summed E-state index contributed by atoms with van der Waals surface area (Å²) in [5, 5.41) is 8.15. The van der Waals surface area contributed by atoms with Gasteiger partial charge in [-0.25, -0.2) is 9.07 Å². The monoisotopic (exact) mass is 377 g/mol. The Morgan fingerprint density at radius 1 is 1.14 bits per heavy atom. The summed E-state index contributed by atoms with van der Waals surface area (Å²) in [6, 6.07) is 10.1. The molecule has 6 heteroatoms. The van der Waals surface area contributed by atoms with Crippen molar-refractivity contribution in [2.24, 2.45) is 5.92 Å². The number of fused-ring (bicyclic) bond motifs is 2. The van der Waals surface area contributed by atoms with Gasteiger partial charge in [0.1, 0.15) is 28.9 Å². The van der Waals surface area contributed by atoms with Gasteiger partial charge in [0.2, 0.25) is 0 Å². The molecule has 1 N–H and O–H groups in total. The predicted octanol–water partition coefficient (Wildman–Crippen LogP) is 4.64. The van der Waals surface area contributed by atoms with Crippen LogP contribution in [-0.2, 0) is 4.79 Å². The van der Waals surface area contributed by atoms with E-state index in [0.29, 0.717) is 6.42 Å². The standard InChI is InChI=1S/C22H20FN3O2/c1-12-6-11-18(28-12)21-19-13(2)25-26(15-9-7-14(23)8-10-15)22(19)24-16-4-3-5-17(27)20(16)21/h4,6-11,20-21,24H,3,5H2,1-2H3/t20-,21+/m1/s1. The van der Waals surface area contributed by atoms with Gasteiger partial charge in [-0.05, 0) is 56.7 Å². The maximum Gasteiger partial charge on any atom is 0.143 e. The van der Waals surface area contributed by atoms with Crippen molar-refractivity contribution in [1.29, 1.82) is 0 Å². The van der Waals surface area contributed by atoms with E-state index in [4.69, 9.17) is 9.52 Å². The van der Waals surface area contributed by atoms with Crippen LogP contribution in [0.15, 0.2) is 52.6 Å². The molecular weight excluding hydrogens is 357 g/mol. The highest BCUT2D eigenvalue weighted by atomic mass is 19.1. The molecule has 0 saturated carbocycles. The van der Waals surface area contributed by atoms with Crippen LogP contribution in [0.4, 0.5) is 10.2 Å². The Bertz CT molecular complexity index is 1110. The molecule has 2 atom stereocenters. The van der Waals surface area contributed by atoms with Gasteiger partial charge in [0.05, 0.1) is 23.2 Å². The van der Waals surface area contributed by atoms with Crippen LogP contribution in [-0.4, -0.2) is 15.6 Å². The normalized spacial score (nSPS) is 21.0. The second kappa shape index (κ2) is 6.19. The van der Waals surface area contributed by atoms with E-state index < -0.39 is 0 Å². The lowest BCUT2D eigenvalue weighted by molar-refractivity contribution is -0.122. The Labute approximate surface area is 161 Å². The van der Waals surface area contributed by atoms with Crippen LogP contribution in [0.3, 0.4) is 0 Å². The second-order valence-electron chi connectivity index (χ2n) is 7.43. The first-order valence-corrected chi connectivity index (χ1v) is 9.44. The van der Waals surface area contributed by atoms with Crippen molar-refractivity contribution < 1.29 is 13.6 Å². The molecule has 3 aromatic rings. The fourth-order valence-electron chi connectivity index (χ4n) is 4.35.